The molecule has 1 saturated heterocycles. The number of hydrogen-bond donors (Lipinski definition) is 1. The van der Waals surface area contributed by atoms with Crippen LogP contribution in [0.15, 0.2) is 35.1 Å². The first-order valence-corrected chi connectivity index (χ1v) is 8.28. The minimum atomic E-state index is -0.353. The molecule has 25 heavy (non-hydrogen) atoms. The number of carbonyl (C=O) groups excluding carboxylic acids is 1. The van der Waals surface area contributed by atoms with E-state index in [1.54, 1.807) is 38.2 Å². The van der Waals surface area contributed by atoms with Crippen LogP contribution in [0, 0.1) is 6.92 Å². The van der Waals surface area contributed by atoms with Gasteiger partial charge in [-0.2, -0.15) is 0 Å². The fraction of sp³-hybridized carbons (Fsp3) is 0.368. The molecule has 2 aromatic rings. The number of H-pyrrole nitrogens is 1. The Labute approximate surface area is 146 Å². The standard InChI is InChI=1S/C19H22N2O4/c1-12-6-8-14(18(22)20-12)19(23)21-10-4-5-16(21)15-11-13(24-2)7-9-17(15)25-3/h6-9,11,16H,4-5,10H2,1-3H3,(H,20,22)/t16-/m1/s1. The lowest BCUT2D eigenvalue weighted by molar-refractivity contribution is 0.0732. The Morgan fingerprint density at radius 3 is 2.68 bits per heavy atom. The van der Waals surface area contributed by atoms with Crippen molar-refractivity contribution in [2.45, 2.75) is 25.8 Å². The van der Waals surface area contributed by atoms with E-state index in [0.29, 0.717) is 18.0 Å². The highest BCUT2D eigenvalue weighted by molar-refractivity contribution is 5.94. The van der Waals surface area contributed by atoms with Crippen LogP contribution in [0.4, 0.5) is 0 Å². The number of aryl methyl sites for hydroxylation is 1. The summed E-state index contributed by atoms with van der Waals surface area (Å²) in [5, 5.41) is 0. The van der Waals surface area contributed by atoms with Gasteiger partial charge >= 0.3 is 0 Å². The molecule has 6 heteroatoms. The Hall–Kier alpha value is -2.76. The van der Waals surface area contributed by atoms with Crippen molar-refractivity contribution in [3.8, 4) is 11.5 Å². The van der Waals surface area contributed by atoms with Gasteiger partial charge in [-0.15, -0.1) is 0 Å². The normalized spacial score (nSPS) is 16.8. The van der Waals surface area contributed by atoms with Crippen LogP contribution in [0.25, 0.3) is 0 Å². The van der Waals surface area contributed by atoms with Gasteiger partial charge < -0.3 is 19.4 Å². The number of benzene rings is 1. The first kappa shape index (κ1) is 17.1. The number of amides is 1. The van der Waals surface area contributed by atoms with Crippen LogP contribution in [0.1, 0.15) is 40.5 Å². The first-order valence-electron chi connectivity index (χ1n) is 8.28. The molecule has 1 aromatic heterocycles. The van der Waals surface area contributed by atoms with Crippen LogP contribution in [0.2, 0.25) is 0 Å². The summed E-state index contributed by atoms with van der Waals surface area (Å²) < 4.78 is 10.8. The maximum atomic E-state index is 13.0. The lowest BCUT2D eigenvalue weighted by atomic mass is 10.0. The molecule has 3 rings (SSSR count). The molecule has 0 saturated carbocycles. The predicted molar refractivity (Wildman–Crippen MR) is 94.4 cm³/mol. The fourth-order valence-corrected chi connectivity index (χ4v) is 3.33. The van der Waals surface area contributed by atoms with Crippen LogP contribution in [-0.2, 0) is 0 Å². The highest BCUT2D eigenvalue weighted by Gasteiger charge is 2.33. The number of likely N-dealkylation sites (tertiary alicyclic amines) is 1. The predicted octanol–water partition coefficient (Wildman–Crippen LogP) is 2.68. The number of carbonyl (C=O) groups is 1. The molecule has 0 radical (unpaired) electrons. The van der Waals surface area contributed by atoms with Crippen LogP contribution in [0.3, 0.4) is 0 Å². The van der Waals surface area contributed by atoms with Crippen molar-refractivity contribution in [2.24, 2.45) is 0 Å². The van der Waals surface area contributed by atoms with Crippen molar-refractivity contribution in [3.63, 3.8) is 0 Å². The maximum Gasteiger partial charge on any atom is 0.260 e. The number of hydrogen-bond acceptors (Lipinski definition) is 4. The third-order valence-electron chi connectivity index (χ3n) is 4.60. The average Bonchev–Trinajstić information content (AvgIpc) is 3.10. The monoisotopic (exact) mass is 342 g/mol. The molecule has 1 aromatic carbocycles. The SMILES string of the molecule is COc1ccc(OC)c([C@H]2CCCN2C(=O)c2ccc(C)[nH]c2=O)c1. The second-order valence-electron chi connectivity index (χ2n) is 6.15. The van der Waals surface area contributed by atoms with E-state index in [2.05, 4.69) is 4.98 Å². The van der Waals surface area contributed by atoms with Gasteiger partial charge in [0.15, 0.2) is 0 Å². The molecule has 1 aliphatic heterocycles. The molecule has 1 atom stereocenters. The number of rotatable bonds is 4. The lowest BCUT2D eigenvalue weighted by Gasteiger charge is -2.26. The van der Waals surface area contributed by atoms with E-state index in [1.165, 1.54) is 0 Å². The number of nitrogens with one attached hydrogen (secondary N) is 1. The highest BCUT2D eigenvalue weighted by Crippen LogP contribution is 2.39. The van der Waals surface area contributed by atoms with Crippen molar-refractivity contribution < 1.29 is 14.3 Å². The Kier molecular flexibility index (Phi) is 4.79. The average molecular weight is 342 g/mol. The Balaban J connectivity index is 1.98. The summed E-state index contributed by atoms with van der Waals surface area (Å²) in [4.78, 5) is 29.5. The van der Waals surface area contributed by atoms with Crippen molar-refractivity contribution >= 4 is 5.91 Å². The maximum absolute atomic E-state index is 13.0. The third kappa shape index (κ3) is 3.24. The van der Waals surface area contributed by atoms with Gasteiger partial charge in [0.25, 0.3) is 11.5 Å². The zero-order valence-electron chi connectivity index (χ0n) is 14.7. The number of methoxy groups -OCH3 is 2. The molecule has 0 bridgehead atoms. The Morgan fingerprint density at radius 2 is 2.00 bits per heavy atom. The molecule has 1 fully saturated rings. The van der Waals surface area contributed by atoms with Gasteiger partial charge in [0.2, 0.25) is 0 Å². The summed E-state index contributed by atoms with van der Waals surface area (Å²) in [7, 11) is 3.21. The van der Waals surface area contributed by atoms with E-state index in [9.17, 15) is 9.59 Å². The van der Waals surface area contributed by atoms with Crippen LogP contribution >= 0.6 is 0 Å². The zero-order valence-corrected chi connectivity index (χ0v) is 14.7. The van der Waals surface area contributed by atoms with Gasteiger partial charge in [-0.05, 0) is 50.1 Å². The molecule has 0 aliphatic carbocycles. The van der Waals surface area contributed by atoms with Gasteiger partial charge in [0, 0.05) is 17.8 Å². The third-order valence-corrected chi connectivity index (χ3v) is 4.60. The summed E-state index contributed by atoms with van der Waals surface area (Å²) in [6.45, 7) is 2.40. The topological polar surface area (TPSA) is 71.6 Å². The molecule has 1 aliphatic rings. The van der Waals surface area contributed by atoms with Crippen LogP contribution < -0.4 is 15.0 Å². The second kappa shape index (κ2) is 7.01. The Morgan fingerprint density at radius 1 is 1.20 bits per heavy atom. The van der Waals surface area contributed by atoms with E-state index < -0.39 is 0 Å². The summed E-state index contributed by atoms with van der Waals surface area (Å²) in [6, 6.07) is 8.76. The van der Waals surface area contributed by atoms with E-state index in [-0.39, 0.29) is 23.1 Å². The number of pyridine rings is 1. The Bertz CT molecular complexity index is 844. The van der Waals surface area contributed by atoms with Gasteiger partial charge in [-0.25, -0.2) is 0 Å². The van der Waals surface area contributed by atoms with Crippen molar-refractivity contribution in [1.82, 2.24) is 9.88 Å². The fourth-order valence-electron chi connectivity index (χ4n) is 3.33. The second-order valence-corrected chi connectivity index (χ2v) is 6.15. The number of aromatic amines is 1. The van der Waals surface area contributed by atoms with Crippen molar-refractivity contribution in [3.05, 3.63) is 57.5 Å². The van der Waals surface area contributed by atoms with Crippen molar-refractivity contribution in [1.29, 1.82) is 0 Å². The quantitative estimate of drug-likeness (QED) is 0.927. The largest absolute Gasteiger partial charge is 0.497 e. The molecule has 1 amide bonds. The first-order chi connectivity index (χ1) is 12.0. The molecule has 6 nitrogen and oxygen atoms in total. The van der Waals surface area contributed by atoms with Crippen molar-refractivity contribution in [2.75, 3.05) is 20.8 Å². The van der Waals surface area contributed by atoms with Gasteiger partial charge in [0.05, 0.1) is 20.3 Å². The zero-order chi connectivity index (χ0) is 18.0. The van der Waals surface area contributed by atoms with Gasteiger partial charge in [-0.3, -0.25) is 9.59 Å². The minimum Gasteiger partial charge on any atom is -0.497 e. The molecule has 0 unspecified atom stereocenters. The van der Waals surface area contributed by atoms with E-state index in [4.69, 9.17) is 9.47 Å². The molecule has 132 valence electrons. The van der Waals surface area contributed by atoms with E-state index in [0.717, 1.165) is 24.1 Å². The molecule has 2 heterocycles. The number of nitrogens with zero attached hydrogens (tertiary/aromatic N) is 1. The summed E-state index contributed by atoms with van der Waals surface area (Å²) in [6.07, 6.45) is 1.69. The smallest absolute Gasteiger partial charge is 0.260 e. The van der Waals surface area contributed by atoms with Crippen LogP contribution in [0.5, 0.6) is 11.5 Å². The lowest BCUT2D eigenvalue weighted by Crippen LogP contribution is -2.34. The summed E-state index contributed by atoms with van der Waals surface area (Å²) in [5.41, 5.74) is 1.44. The van der Waals surface area contributed by atoms with Crippen LogP contribution in [-0.4, -0.2) is 36.6 Å². The summed E-state index contributed by atoms with van der Waals surface area (Å²) in [5.74, 6) is 1.17. The molecule has 1 N–H and O–H groups in total. The molecule has 0 spiro atoms. The van der Waals surface area contributed by atoms with E-state index >= 15 is 0 Å². The molecular weight excluding hydrogens is 320 g/mol. The van der Waals surface area contributed by atoms with E-state index in [1.807, 2.05) is 18.2 Å². The molecular formula is C19H22N2O4. The minimum absolute atomic E-state index is 0.141. The number of ether oxygens (including phenoxy) is 2. The highest BCUT2D eigenvalue weighted by atomic mass is 16.5. The van der Waals surface area contributed by atoms with Gasteiger partial charge in [0.1, 0.15) is 17.1 Å². The summed E-state index contributed by atoms with van der Waals surface area (Å²) >= 11 is 0. The van der Waals surface area contributed by atoms with Gasteiger partial charge in [-0.1, -0.05) is 0 Å². The number of aromatic nitrogens is 1.